The van der Waals surface area contributed by atoms with Crippen LogP contribution in [0.1, 0.15) is 25.3 Å². The van der Waals surface area contributed by atoms with Crippen LogP contribution in [0.3, 0.4) is 0 Å². The molecule has 2 aliphatic heterocycles. The number of carbonyl (C=O) groups excluding carboxylic acids is 1. The zero-order chi connectivity index (χ0) is 15.9. The van der Waals surface area contributed by atoms with E-state index in [4.69, 9.17) is 5.73 Å². The van der Waals surface area contributed by atoms with E-state index >= 15 is 0 Å². The van der Waals surface area contributed by atoms with Crippen LogP contribution in [0, 0.1) is 0 Å². The normalized spacial score (nSPS) is 22.6. The Bertz CT molecular complexity index is 702. The summed E-state index contributed by atoms with van der Waals surface area (Å²) in [5.41, 5.74) is 7.63. The van der Waals surface area contributed by atoms with Crippen LogP contribution in [-0.4, -0.2) is 44.3 Å². The molecule has 1 fully saturated rings. The zero-order valence-electron chi connectivity index (χ0n) is 12.7. The van der Waals surface area contributed by atoms with Crippen molar-refractivity contribution in [2.24, 2.45) is 5.73 Å². The Labute approximate surface area is 130 Å². The molecule has 1 atom stereocenters. The molecule has 1 amide bonds. The molecule has 6 nitrogen and oxygen atoms in total. The summed E-state index contributed by atoms with van der Waals surface area (Å²) in [7, 11) is -3.55. The van der Waals surface area contributed by atoms with Crippen LogP contribution in [-0.2, 0) is 21.2 Å². The van der Waals surface area contributed by atoms with Gasteiger partial charge in [-0.05, 0) is 37.0 Å². The number of hydrogen-bond acceptors (Lipinski definition) is 4. The number of rotatable bonds is 2. The maximum absolute atomic E-state index is 12.8. The Kier molecular flexibility index (Phi) is 3.96. The Morgan fingerprint density at radius 3 is 2.77 bits per heavy atom. The van der Waals surface area contributed by atoms with Crippen LogP contribution in [0.15, 0.2) is 23.1 Å². The molecule has 1 aromatic carbocycles. The van der Waals surface area contributed by atoms with Gasteiger partial charge >= 0.3 is 0 Å². The summed E-state index contributed by atoms with van der Waals surface area (Å²) in [6.45, 7) is 2.97. The number of carbonyl (C=O) groups is 1. The Morgan fingerprint density at radius 2 is 2.09 bits per heavy atom. The molecule has 2 aliphatic rings. The second-order valence-corrected chi connectivity index (χ2v) is 7.91. The van der Waals surface area contributed by atoms with Crippen molar-refractivity contribution in [2.75, 3.05) is 24.5 Å². The predicted octanol–water partition coefficient (Wildman–Crippen LogP) is 0.707. The standard InChI is InChI=1S/C15H21N3O3S/c1-11(19)18-8-6-12-4-5-14(9-15(12)18)22(20,21)17-7-2-3-13(16)10-17/h4-5,9,13H,2-3,6-8,10,16H2,1H3. The summed E-state index contributed by atoms with van der Waals surface area (Å²) >= 11 is 0. The third-order valence-corrected chi connectivity index (χ3v) is 6.25. The molecule has 0 bridgehead atoms. The van der Waals surface area contributed by atoms with Gasteiger partial charge in [-0.3, -0.25) is 4.79 Å². The molecule has 7 heteroatoms. The van der Waals surface area contributed by atoms with Gasteiger partial charge in [0.25, 0.3) is 0 Å². The van der Waals surface area contributed by atoms with Crippen LogP contribution in [0.5, 0.6) is 0 Å². The first-order valence-electron chi connectivity index (χ1n) is 7.56. The van der Waals surface area contributed by atoms with Gasteiger partial charge in [-0.25, -0.2) is 8.42 Å². The fourth-order valence-electron chi connectivity index (χ4n) is 3.19. The van der Waals surface area contributed by atoms with Crippen molar-refractivity contribution in [3.8, 4) is 0 Å². The molecule has 3 rings (SSSR count). The summed E-state index contributed by atoms with van der Waals surface area (Å²) < 4.78 is 27.0. The molecule has 0 spiro atoms. The molecule has 0 aliphatic carbocycles. The number of piperidine rings is 1. The van der Waals surface area contributed by atoms with Gasteiger partial charge in [0.1, 0.15) is 0 Å². The van der Waals surface area contributed by atoms with Gasteiger partial charge < -0.3 is 10.6 Å². The van der Waals surface area contributed by atoms with E-state index in [1.165, 1.54) is 11.2 Å². The van der Waals surface area contributed by atoms with E-state index in [0.29, 0.717) is 19.6 Å². The molecular weight excluding hydrogens is 302 g/mol. The summed E-state index contributed by atoms with van der Waals surface area (Å²) in [6, 6.07) is 4.97. The SMILES string of the molecule is CC(=O)N1CCc2ccc(S(=O)(=O)N3CCCC(N)C3)cc21. The quantitative estimate of drug-likeness (QED) is 0.869. The van der Waals surface area contributed by atoms with Crippen LogP contribution in [0.25, 0.3) is 0 Å². The van der Waals surface area contributed by atoms with Gasteiger partial charge in [0, 0.05) is 38.3 Å². The van der Waals surface area contributed by atoms with E-state index in [2.05, 4.69) is 0 Å². The van der Waals surface area contributed by atoms with Gasteiger partial charge in [-0.1, -0.05) is 6.07 Å². The summed E-state index contributed by atoms with van der Waals surface area (Å²) in [4.78, 5) is 13.5. The molecule has 2 N–H and O–H groups in total. The highest BCUT2D eigenvalue weighted by Gasteiger charge is 2.31. The Hall–Kier alpha value is -1.44. The van der Waals surface area contributed by atoms with Crippen LogP contribution in [0.4, 0.5) is 5.69 Å². The van der Waals surface area contributed by atoms with Crippen molar-refractivity contribution >= 4 is 21.6 Å². The molecule has 1 saturated heterocycles. The number of anilines is 1. The number of nitrogens with zero attached hydrogens (tertiary/aromatic N) is 2. The highest BCUT2D eigenvalue weighted by molar-refractivity contribution is 7.89. The van der Waals surface area contributed by atoms with E-state index in [0.717, 1.165) is 30.5 Å². The minimum absolute atomic E-state index is 0.0618. The minimum Gasteiger partial charge on any atom is -0.327 e. The molecule has 22 heavy (non-hydrogen) atoms. The first-order valence-corrected chi connectivity index (χ1v) is 9.00. The third kappa shape index (κ3) is 2.64. The molecule has 2 heterocycles. The van der Waals surface area contributed by atoms with E-state index in [1.54, 1.807) is 17.0 Å². The van der Waals surface area contributed by atoms with Crippen molar-refractivity contribution in [3.63, 3.8) is 0 Å². The third-order valence-electron chi connectivity index (χ3n) is 4.39. The van der Waals surface area contributed by atoms with Crippen molar-refractivity contribution in [3.05, 3.63) is 23.8 Å². The fraction of sp³-hybridized carbons (Fsp3) is 0.533. The predicted molar refractivity (Wildman–Crippen MR) is 84.1 cm³/mol. The Balaban J connectivity index is 1.95. The lowest BCUT2D eigenvalue weighted by atomic mass is 10.1. The maximum Gasteiger partial charge on any atom is 0.243 e. The van der Waals surface area contributed by atoms with E-state index < -0.39 is 10.0 Å². The van der Waals surface area contributed by atoms with Crippen LogP contribution < -0.4 is 10.6 Å². The van der Waals surface area contributed by atoms with Crippen molar-refractivity contribution in [1.82, 2.24) is 4.31 Å². The van der Waals surface area contributed by atoms with Crippen LogP contribution in [0.2, 0.25) is 0 Å². The minimum atomic E-state index is -3.55. The number of benzene rings is 1. The second-order valence-electron chi connectivity index (χ2n) is 5.98. The highest BCUT2D eigenvalue weighted by atomic mass is 32.2. The Morgan fingerprint density at radius 1 is 1.32 bits per heavy atom. The largest absolute Gasteiger partial charge is 0.327 e. The summed E-state index contributed by atoms with van der Waals surface area (Å²) in [5, 5.41) is 0. The average Bonchev–Trinajstić information content (AvgIpc) is 2.90. The smallest absolute Gasteiger partial charge is 0.243 e. The molecule has 1 unspecified atom stereocenters. The molecule has 120 valence electrons. The van der Waals surface area contributed by atoms with Gasteiger partial charge in [0.15, 0.2) is 0 Å². The lowest BCUT2D eigenvalue weighted by Gasteiger charge is -2.30. The first kappa shape index (κ1) is 15.5. The fourth-order valence-corrected chi connectivity index (χ4v) is 4.74. The van der Waals surface area contributed by atoms with Gasteiger partial charge in [-0.15, -0.1) is 0 Å². The number of sulfonamides is 1. The van der Waals surface area contributed by atoms with E-state index in [1.807, 2.05) is 6.07 Å². The van der Waals surface area contributed by atoms with Crippen molar-refractivity contribution < 1.29 is 13.2 Å². The van der Waals surface area contributed by atoms with Gasteiger partial charge in [0.2, 0.25) is 15.9 Å². The number of nitrogens with two attached hydrogens (primary N) is 1. The summed E-state index contributed by atoms with van der Waals surface area (Å²) in [5.74, 6) is -0.0618. The lowest BCUT2D eigenvalue weighted by molar-refractivity contribution is -0.116. The molecule has 0 saturated carbocycles. The van der Waals surface area contributed by atoms with Crippen molar-refractivity contribution in [2.45, 2.75) is 37.1 Å². The first-order chi connectivity index (χ1) is 10.4. The van der Waals surface area contributed by atoms with E-state index in [-0.39, 0.29) is 16.8 Å². The highest BCUT2D eigenvalue weighted by Crippen LogP contribution is 2.32. The van der Waals surface area contributed by atoms with Crippen LogP contribution >= 0.6 is 0 Å². The zero-order valence-corrected chi connectivity index (χ0v) is 13.5. The van der Waals surface area contributed by atoms with Crippen molar-refractivity contribution in [1.29, 1.82) is 0 Å². The second kappa shape index (κ2) is 5.64. The summed E-state index contributed by atoms with van der Waals surface area (Å²) in [6.07, 6.45) is 2.41. The topological polar surface area (TPSA) is 83.7 Å². The number of fused-ring (bicyclic) bond motifs is 1. The molecular formula is C15H21N3O3S. The number of amides is 1. The van der Waals surface area contributed by atoms with Gasteiger partial charge in [0.05, 0.1) is 4.90 Å². The lowest BCUT2D eigenvalue weighted by Crippen LogP contribution is -2.45. The van der Waals surface area contributed by atoms with E-state index in [9.17, 15) is 13.2 Å². The molecule has 0 aromatic heterocycles. The maximum atomic E-state index is 12.8. The number of hydrogen-bond donors (Lipinski definition) is 1. The monoisotopic (exact) mass is 323 g/mol. The average molecular weight is 323 g/mol. The van der Waals surface area contributed by atoms with Gasteiger partial charge in [-0.2, -0.15) is 4.31 Å². The molecule has 1 aromatic rings. The molecule has 0 radical (unpaired) electrons.